The number of nitrogens with zero attached hydrogens (tertiary/aromatic N) is 2. The van der Waals surface area contributed by atoms with Crippen LogP contribution in [-0.2, 0) is 13.0 Å². The van der Waals surface area contributed by atoms with Crippen LogP contribution in [0.3, 0.4) is 0 Å². The average molecular weight is 488 g/mol. The fourth-order valence-electron chi connectivity index (χ4n) is 3.58. The van der Waals surface area contributed by atoms with Gasteiger partial charge in [-0.3, -0.25) is 10.1 Å². The number of amides is 3. The van der Waals surface area contributed by atoms with E-state index >= 15 is 0 Å². The van der Waals surface area contributed by atoms with Crippen LogP contribution >= 0.6 is 11.3 Å². The van der Waals surface area contributed by atoms with E-state index in [1.807, 2.05) is 4.90 Å². The first kappa shape index (κ1) is 23.6. The van der Waals surface area contributed by atoms with Crippen molar-refractivity contribution in [1.82, 2.24) is 10.3 Å². The standard InChI is InChI=1S/C23H23F2N5O3S/c1-13(12-31)26-21(32)17-4-2-3-5-18(17)27-22(33)29-23-28-19-6-7-30(11-20(19)34-23)16-9-14(24)8-15(25)10-16/h2-5,8-10,13,31H,6-7,11-12H2,1H3,(H,26,32)(H2,27,28,29,33). The molecular formula is C23H23F2N5O3S. The molecule has 0 saturated carbocycles. The van der Waals surface area contributed by atoms with Gasteiger partial charge in [0.2, 0.25) is 0 Å². The number of aromatic nitrogens is 1. The minimum absolute atomic E-state index is 0.206. The van der Waals surface area contributed by atoms with Crippen molar-refractivity contribution in [2.24, 2.45) is 0 Å². The molecule has 2 heterocycles. The molecule has 1 aliphatic rings. The van der Waals surface area contributed by atoms with Crippen LogP contribution in [-0.4, -0.2) is 41.2 Å². The fourth-order valence-corrected chi connectivity index (χ4v) is 4.60. The Morgan fingerprint density at radius 3 is 2.65 bits per heavy atom. The lowest BCUT2D eigenvalue weighted by Crippen LogP contribution is -2.35. The number of para-hydroxylation sites is 1. The molecule has 1 unspecified atom stereocenters. The van der Waals surface area contributed by atoms with Crippen molar-refractivity contribution < 1.29 is 23.5 Å². The lowest BCUT2D eigenvalue weighted by molar-refractivity contribution is 0.0923. The molecule has 34 heavy (non-hydrogen) atoms. The zero-order valence-electron chi connectivity index (χ0n) is 18.3. The van der Waals surface area contributed by atoms with E-state index in [1.54, 1.807) is 31.2 Å². The molecule has 4 rings (SSSR count). The highest BCUT2D eigenvalue weighted by Crippen LogP contribution is 2.31. The minimum atomic E-state index is -0.635. The summed E-state index contributed by atoms with van der Waals surface area (Å²) in [5.41, 5.74) is 1.85. The third-order valence-corrected chi connectivity index (χ3v) is 6.23. The average Bonchev–Trinajstić information content (AvgIpc) is 3.19. The predicted octanol–water partition coefficient (Wildman–Crippen LogP) is 3.74. The van der Waals surface area contributed by atoms with E-state index < -0.39 is 29.6 Å². The topological polar surface area (TPSA) is 107 Å². The summed E-state index contributed by atoms with van der Waals surface area (Å²) in [5, 5.41) is 17.5. The first-order valence-corrected chi connectivity index (χ1v) is 11.4. The van der Waals surface area contributed by atoms with E-state index in [4.69, 9.17) is 5.11 Å². The summed E-state index contributed by atoms with van der Waals surface area (Å²) < 4.78 is 27.2. The van der Waals surface area contributed by atoms with E-state index in [0.29, 0.717) is 36.0 Å². The predicted molar refractivity (Wildman–Crippen MR) is 126 cm³/mol. The van der Waals surface area contributed by atoms with Gasteiger partial charge in [0, 0.05) is 35.6 Å². The van der Waals surface area contributed by atoms with Gasteiger partial charge in [-0.25, -0.2) is 18.6 Å². The molecule has 0 radical (unpaired) electrons. The lowest BCUT2D eigenvalue weighted by Gasteiger charge is -2.28. The second-order valence-electron chi connectivity index (χ2n) is 7.87. The third-order valence-electron chi connectivity index (χ3n) is 5.24. The van der Waals surface area contributed by atoms with E-state index in [0.717, 1.165) is 16.6 Å². The quantitative estimate of drug-likeness (QED) is 0.424. The third kappa shape index (κ3) is 5.49. The number of aliphatic hydroxyl groups excluding tert-OH is 1. The molecule has 4 N–H and O–H groups in total. The van der Waals surface area contributed by atoms with Crippen molar-refractivity contribution in [3.63, 3.8) is 0 Å². The van der Waals surface area contributed by atoms with Crippen LogP contribution in [0.4, 0.5) is 30.1 Å². The lowest BCUT2D eigenvalue weighted by atomic mass is 10.1. The Balaban J connectivity index is 1.42. The van der Waals surface area contributed by atoms with Crippen LogP contribution in [0.5, 0.6) is 0 Å². The van der Waals surface area contributed by atoms with Gasteiger partial charge in [-0.1, -0.05) is 23.5 Å². The molecule has 1 aromatic heterocycles. The Bertz CT molecular complexity index is 1200. The highest BCUT2D eigenvalue weighted by atomic mass is 32.1. The van der Waals surface area contributed by atoms with Crippen LogP contribution < -0.4 is 20.9 Å². The summed E-state index contributed by atoms with van der Waals surface area (Å²) in [5.74, 6) is -1.69. The highest BCUT2D eigenvalue weighted by Gasteiger charge is 2.23. The second-order valence-corrected chi connectivity index (χ2v) is 8.95. The zero-order chi connectivity index (χ0) is 24.2. The molecule has 0 saturated heterocycles. The maximum Gasteiger partial charge on any atom is 0.325 e. The maximum atomic E-state index is 13.6. The molecular weight excluding hydrogens is 464 g/mol. The Morgan fingerprint density at radius 1 is 1.18 bits per heavy atom. The molecule has 8 nitrogen and oxygen atoms in total. The summed E-state index contributed by atoms with van der Waals surface area (Å²) in [6, 6.07) is 8.95. The minimum Gasteiger partial charge on any atom is -0.394 e. The smallest absolute Gasteiger partial charge is 0.325 e. The fraction of sp³-hybridized carbons (Fsp3) is 0.261. The number of thiazole rings is 1. The number of halogens is 2. The van der Waals surface area contributed by atoms with Gasteiger partial charge in [0.1, 0.15) is 11.6 Å². The van der Waals surface area contributed by atoms with Crippen molar-refractivity contribution in [1.29, 1.82) is 0 Å². The maximum absolute atomic E-state index is 13.6. The van der Waals surface area contributed by atoms with Crippen LogP contribution in [0.25, 0.3) is 0 Å². The van der Waals surface area contributed by atoms with E-state index in [9.17, 15) is 18.4 Å². The van der Waals surface area contributed by atoms with Gasteiger partial charge in [0.15, 0.2) is 5.13 Å². The number of urea groups is 1. The number of anilines is 3. The summed E-state index contributed by atoms with van der Waals surface area (Å²) >= 11 is 1.28. The second kappa shape index (κ2) is 10.1. The number of benzene rings is 2. The van der Waals surface area contributed by atoms with Crippen LogP contribution in [0.1, 0.15) is 27.9 Å². The molecule has 3 amide bonds. The van der Waals surface area contributed by atoms with Gasteiger partial charge >= 0.3 is 6.03 Å². The summed E-state index contributed by atoms with van der Waals surface area (Å²) in [6.07, 6.45) is 0.569. The van der Waals surface area contributed by atoms with Crippen LogP contribution in [0, 0.1) is 11.6 Å². The van der Waals surface area contributed by atoms with Crippen LogP contribution in [0.2, 0.25) is 0 Å². The Hall–Kier alpha value is -3.57. The zero-order valence-corrected chi connectivity index (χ0v) is 19.1. The monoisotopic (exact) mass is 487 g/mol. The summed E-state index contributed by atoms with van der Waals surface area (Å²) in [7, 11) is 0. The molecule has 3 aromatic rings. The van der Waals surface area contributed by atoms with Gasteiger partial charge in [-0.05, 0) is 31.2 Å². The van der Waals surface area contributed by atoms with Crippen molar-refractivity contribution in [3.8, 4) is 0 Å². The molecule has 1 atom stereocenters. The van der Waals surface area contributed by atoms with Gasteiger partial charge in [-0.15, -0.1) is 0 Å². The number of hydrogen-bond acceptors (Lipinski definition) is 6. The molecule has 11 heteroatoms. The number of carbonyl (C=O) groups excluding carboxylic acids is 2. The van der Waals surface area contributed by atoms with E-state index in [-0.39, 0.29) is 12.2 Å². The van der Waals surface area contributed by atoms with Crippen molar-refractivity contribution >= 4 is 39.8 Å². The molecule has 0 bridgehead atoms. The number of hydrogen-bond donors (Lipinski definition) is 4. The van der Waals surface area contributed by atoms with E-state index in [1.165, 1.54) is 23.5 Å². The summed E-state index contributed by atoms with van der Waals surface area (Å²) in [4.78, 5) is 32.2. The van der Waals surface area contributed by atoms with Crippen molar-refractivity contribution in [3.05, 3.63) is 70.2 Å². The van der Waals surface area contributed by atoms with E-state index in [2.05, 4.69) is 20.9 Å². The summed E-state index contributed by atoms with van der Waals surface area (Å²) in [6.45, 7) is 2.42. The molecule has 0 fully saturated rings. The Kier molecular flexibility index (Phi) is 7.03. The van der Waals surface area contributed by atoms with Gasteiger partial charge < -0.3 is 20.6 Å². The number of carbonyl (C=O) groups is 2. The molecule has 2 aromatic carbocycles. The van der Waals surface area contributed by atoms with Crippen molar-refractivity contribution in [2.45, 2.75) is 25.9 Å². The molecule has 0 aliphatic carbocycles. The number of rotatable bonds is 6. The highest BCUT2D eigenvalue weighted by molar-refractivity contribution is 7.15. The van der Waals surface area contributed by atoms with Gasteiger partial charge in [0.05, 0.1) is 30.1 Å². The Morgan fingerprint density at radius 2 is 1.91 bits per heavy atom. The SMILES string of the molecule is CC(CO)NC(=O)c1ccccc1NC(=O)Nc1nc2c(s1)CN(c1cc(F)cc(F)c1)CC2. The van der Waals surface area contributed by atoms with Crippen molar-refractivity contribution in [2.75, 3.05) is 28.7 Å². The normalized spacial score (nSPS) is 13.7. The molecule has 178 valence electrons. The number of fused-ring (bicyclic) bond motifs is 1. The largest absolute Gasteiger partial charge is 0.394 e. The number of aliphatic hydroxyl groups is 1. The van der Waals surface area contributed by atoms with Gasteiger partial charge in [-0.2, -0.15) is 0 Å². The Labute approximate surface area is 198 Å². The molecule has 1 aliphatic heterocycles. The van der Waals surface area contributed by atoms with Crippen LogP contribution in [0.15, 0.2) is 42.5 Å². The number of nitrogens with one attached hydrogen (secondary N) is 3. The molecule has 0 spiro atoms. The van der Waals surface area contributed by atoms with Gasteiger partial charge in [0.25, 0.3) is 5.91 Å². The first-order chi connectivity index (χ1) is 16.3. The first-order valence-electron chi connectivity index (χ1n) is 10.6.